The number of benzene rings is 3. The molecule has 0 saturated heterocycles. The predicted octanol–water partition coefficient (Wildman–Crippen LogP) is 8.11. The quantitative estimate of drug-likeness (QED) is 0.127. The van der Waals surface area contributed by atoms with E-state index in [9.17, 15) is 22.4 Å². The lowest BCUT2D eigenvalue weighted by Crippen LogP contribution is -2.16. The number of hydrogen-bond acceptors (Lipinski definition) is 3. The number of carboxylic acids is 1. The number of nitrogens with one attached hydrogen (secondary N) is 2. The van der Waals surface area contributed by atoms with Crippen molar-refractivity contribution >= 4 is 40.5 Å². The van der Waals surface area contributed by atoms with Gasteiger partial charge in [0.2, 0.25) is 0 Å². The number of fused-ring (bicyclic) bond motifs is 1. The number of hydrazine groups is 1. The van der Waals surface area contributed by atoms with Crippen LogP contribution in [0.2, 0.25) is 5.02 Å². The van der Waals surface area contributed by atoms with E-state index in [1.54, 1.807) is 24.3 Å². The minimum absolute atomic E-state index is 0.00639. The van der Waals surface area contributed by atoms with Gasteiger partial charge in [-0.15, -0.1) is 0 Å². The van der Waals surface area contributed by atoms with Crippen LogP contribution in [-0.4, -0.2) is 11.1 Å². The minimum atomic E-state index is -4.53. The van der Waals surface area contributed by atoms with Crippen molar-refractivity contribution in [3.05, 3.63) is 105 Å². The summed E-state index contributed by atoms with van der Waals surface area (Å²) in [5, 5.41) is 8.93. The molecule has 1 fully saturated rings. The molecule has 1 aliphatic carbocycles. The van der Waals surface area contributed by atoms with Crippen molar-refractivity contribution in [2.45, 2.75) is 31.7 Å². The van der Waals surface area contributed by atoms with Gasteiger partial charge < -0.3 is 10.5 Å². The third kappa shape index (κ3) is 5.19. The monoisotopic (exact) mass is 542 g/mol. The molecule has 5 rings (SSSR count). The molecule has 196 valence electrons. The first-order valence-electron chi connectivity index (χ1n) is 12.0. The molecular weight excluding hydrogens is 520 g/mol. The van der Waals surface area contributed by atoms with Gasteiger partial charge in [0.1, 0.15) is 0 Å². The van der Waals surface area contributed by atoms with Gasteiger partial charge in [0, 0.05) is 16.7 Å². The summed E-state index contributed by atoms with van der Waals surface area (Å²) in [5.74, 6) is -1.02. The fourth-order valence-electron chi connectivity index (χ4n) is 4.83. The molecule has 1 saturated carbocycles. The zero-order chi connectivity index (χ0) is 27.0. The van der Waals surface area contributed by atoms with E-state index >= 15 is 0 Å². The maximum absolute atomic E-state index is 14.6. The molecule has 1 unspecified atom stereocenters. The minimum Gasteiger partial charge on any atom is -0.478 e. The van der Waals surface area contributed by atoms with E-state index in [0.717, 1.165) is 54.2 Å². The number of rotatable bonds is 6. The van der Waals surface area contributed by atoms with E-state index in [-0.39, 0.29) is 10.9 Å². The maximum Gasteiger partial charge on any atom is 0.416 e. The van der Waals surface area contributed by atoms with Crippen molar-refractivity contribution in [3.8, 4) is 0 Å². The van der Waals surface area contributed by atoms with E-state index in [1.807, 2.05) is 18.2 Å². The van der Waals surface area contributed by atoms with Gasteiger partial charge in [-0.3, -0.25) is 0 Å². The van der Waals surface area contributed by atoms with Gasteiger partial charge in [0.25, 0.3) is 0 Å². The number of carbonyl (C=O) groups is 1. The second-order valence-electron chi connectivity index (χ2n) is 9.34. The highest BCUT2D eigenvalue weighted by atomic mass is 35.5. The van der Waals surface area contributed by atoms with E-state index in [4.69, 9.17) is 16.7 Å². The van der Waals surface area contributed by atoms with Gasteiger partial charge in [-0.25, -0.2) is 14.6 Å². The highest BCUT2D eigenvalue weighted by Gasteiger charge is 2.33. The molecule has 4 nitrogen and oxygen atoms in total. The normalized spacial score (nSPS) is 18.1. The van der Waals surface area contributed by atoms with Crippen LogP contribution in [-0.2, 0) is 11.0 Å². The van der Waals surface area contributed by atoms with Gasteiger partial charge in [0.15, 0.2) is 6.30 Å². The smallest absolute Gasteiger partial charge is 0.416 e. The highest BCUT2D eigenvalue weighted by Crippen LogP contribution is 2.48. The molecule has 0 radical (unpaired) electrons. The zero-order valence-corrected chi connectivity index (χ0v) is 20.7. The molecule has 1 heterocycles. The molecule has 9 heteroatoms. The molecule has 3 N–H and O–H groups in total. The summed E-state index contributed by atoms with van der Waals surface area (Å²) in [5.41, 5.74) is 9.71. The molecule has 38 heavy (non-hydrogen) atoms. The Morgan fingerprint density at radius 2 is 1.71 bits per heavy atom. The second kappa shape index (κ2) is 10.3. The van der Waals surface area contributed by atoms with Crippen molar-refractivity contribution in [3.63, 3.8) is 0 Å². The summed E-state index contributed by atoms with van der Waals surface area (Å²) < 4.78 is 54.7. The number of halogens is 5. The summed E-state index contributed by atoms with van der Waals surface area (Å²) >= 11 is 6.51. The fraction of sp³-hybridized carbons (Fsp3) is 0.207. The first kappa shape index (κ1) is 26.0. The Bertz CT molecular complexity index is 1440. The first-order chi connectivity index (χ1) is 18.1. The lowest BCUT2D eigenvalue weighted by Gasteiger charge is -2.32. The van der Waals surface area contributed by atoms with Gasteiger partial charge in [0.05, 0.1) is 11.3 Å². The maximum atomic E-state index is 14.6. The van der Waals surface area contributed by atoms with E-state index < -0.39 is 24.0 Å². The number of hydrogen-bond donors (Lipinski definition) is 3. The Hall–Kier alpha value is -3.62. The largest absolute Gasteiger partial charge is 0.478 e. The predicted molar refractivity (Wildman–Crippen MR) is 140 cm³/mol. The van der Waals surface area contributed by atoms with Gasteiger partial charge in [-0.2, -0.15) is 13.2 Å². The summed E-state index contributed by atoms with van der Waals surface area (Å²) in [7, 11) is 0. The topological polar surface area (TPSA) is 61.4 Å². The Morgan fingerprint density at radius 3 is 2.32 bits per heavy atom. The van der Waals surface area contributed by atoms with Crippen LogP contribution >= 0.6 is 11.6 Å². The second-order valence-corrected chi connectivity index (χ2v) is 9.74. The molecule has 0 amide bonds. The van der Waals surface area contributed by atoms with Crippen molar-refractivity contribution in [2.24, 2.45) is 5.92 Å². The number of carboxylic acid groups (broad SMARTS) is 1. The molecule has 3 aromatic rings. The first-order valence-corrected chi connectivity index (χ1v) is 12.4. The van der Waals surface area contributed by atoms with Crippen LogP contribution in [0.15, 0.2) is 66.7 Å². The van der Waals surface area contributed by atoms with Crippen LogP contribution in [0, 0.1) is 5.92 Å². The zero-order valence-electron chi connectivity index (χ0n) is 19.9. The van der Waals surface area contributed by atoms with Crippen LogP contribution in [0.5, 0.6) is 0 Å². The van der Waals surface area contributed by atoms with Crippen molar-refractivity contribution < 1.29 is 27.5 Å². The van der Waals surface area contributed by atoms with Crippen LogP contribution in [0.4, 0.5) is 23.2 Å². The van der Waals surface area contributed by atoms with E-state index in [2.05, 4.69) is 10.9 Å². The summed E-state index contributed by atoms with van der Waals surface area (Å²) in [4.78, 5) is 10.9. The number of aliphatic carboxylic acids is 1. The van der Waals surface area contributed by atoms with Crippen molar-refractivity contribution in [2.75, 3.05) is 5.43 Å². The van der Waals surface area contributed by atoms with Crippen molar-refractivity contribution in [1.82, 2.24) is 5.43 Å². The standard InChI is InChI=1S/C29H23ClF4N2O2/c30-23-15-20(29(32,33)34)10-11-21(23)27(17-2-1-3-17)26(18-7-4-16(5-8-18)6-13-25(37)38)19-9-12-24-22(14-19)28(31)36-35-24/h4-15,17,28,35-36H,1-3H2,(H,37,38)/b13-6+,27-26+. The fourth-order valence-corrected chi connectivity index (χ4v) is 5.11. The average molecular weight is 543 g/mol. The SMILES string of the molecule is O=C(O)/C=C/c1ccc(/C(=C(\c2ccc(C(F)(F)F)cc2Cl)C2CCC2)c2ccc3c(c2)C(F)NN3)cc1. The van der Waals surface area contributed by atoms with Crippen LogP contribution in [0.1, 0.15) is 58.9 Å². The van der Waals surface area contributed by atoms with E-state index in [0.29, 0.717) is 27.9 Å². The Kier molecular flexibility index (Phi) is 7.03. The Labute approximate surface area is 221 Å². The molecule has 2 aliphatic rings. The molecule has 0 aromatic heterocycles. The number of allylic oxidation sites excluding steroid dienone is 1. The number of anilines is 1. The molecular formula is C29H23ClF4N2O2. The van der Waals surface area contributed by atoms with Gasteiger partial charge in [-0.1, -0.05) is 54.4 Å². The molecule has 0 spiro atoms. The third-order valence-electron chi connectivity index (χ3n) is 6.93. The molecule has 0 bridgehead atoms. The highest BCUT2D eigenvalue weighted by molar-refractivity contribution is 6.33. The lowest BCUT2D eigenvalue weighted by atomic mass is 9.73. The van der Waals surface area contributed by atoms with Crippen molar-refractivity contribution in [1.29, 1.82) is 0 Å². The number of alkyl halides is 4. The Balaban J connectivity index is 1.73. The van der Waals surface area contributed by atoms with E-state index in [1.165, 1.54) is 12.1 Å². The van der Waals surface area contributed by atoms with Crippen LogP contribution in [0.3, 0.4) is 0 Å². The summed E-state index contributed by atoms with van der Waals surface area (Å²) in [6.07, 6.45) is -0.781. The molecule has 1 atom stereocenters. The third-order valence-corrected chi connectivity index (χ3v) is 7.25. The summed E-state index contributed by atoms with van der Waals surface area (Å²) in [6.45, 7) is 0. The lowest BCUT2D eigenvalue weighted by molar-refractivity contribution is -0.137. The van der Waals surface area contributed by atoms with Crippen LogP contribution < -0.4 is 10.9 Å². The van der Waals surface area contributed by atoms with Gasteiger partial charge in [-0.05, 0) is 82.5 Å². The summed E-state index contributed by atoms with van der Waals surface area (Å²) in [6, 6.07) is 15.9. The van der Waals surface area contributed by atoms with Crippen LogP contribution in [0.25, 0.3) is 17.2 Å². The van der Waals surface area contributed by atoms with Gasteiger partial charge >= 0.3 is 12.1 Å². The molecule has 1 aliphatic heterocycles. The Morgan fingerprint density at radius 1 is 1.00 bits per heavy atom. The average Bonchev–Trinajstić information content (AvgIpc) is 3.21. The molecule has 3 aromatic carbocycles.